The van der Waals surface area contributed by atoms with E-state index in [-0.39, 0.29) is 6.42 Å². The van der Waals surface area contributed by atoms with Gasteiger partial charge in [-0.3, -0.25) is 0 Å². The van der Waals surface area contributed by atoms with Gasteiger partial charge in [-0.25, -0.2) is 4.39 Å². The van der Waals surface area contributed by atoms with Gasteiger partial charge < -0.3 is 9.84 Å². The minimum atomic E-state index is -1.20. The summed E-state index contributed by atoms with van der Waals surface area (Å²) in [6, 6.07) is 3.73. The van der Waals surface area contributed by atoms with Crippen molar-refractivity contribution in [1.29, 1.82) is 0 Å². The molecule has 0 amide bonds. The lowest BCUT2D eigenvalue weighted by atomic mass is 10.1. The summed E-state index contributed by atoms with van der Waals surface area (Å²) in [6.45, 7) is 2.65. The molecule has 1 N–H and O–H groups in total. The normalized spacial score (nSPS) is 23.2. The number of aliphatic hydroxyl groups is 1. The Morgan fingerprint density at radius 3 is 3.00 bits per heavy atom. The fraction of sp³-hybridized carbons (Fsp3) is 0.500. The standard InChI is InChI=1S/C12H14FIO2/c1-2-5-16-10-4-3-9(14)11-7(10)6-8(13)12(11)15/h3-4,8,12,15H,2,5-6H2,1H3/t8-,12-/m1/s1. The van der Waals surface area contributed by atoms with Crippen LogP contribution in [-0.2, 0) is 6.42 Å². The Balaban J connectivity index is 2.37. The Hall–Kier alpha value is -0.360. The van der Waals surface area contributed by atoms with Crippen LogP contribution < -0.4 is 4.74 Å². The van der Waals surface area contributed by atoms with Crippen molar-refractivity contribution in [1.82, 2.24) is 0 Å². The van der Waals surface area contributed by atoms with Gasteiger partial charge in [0, 0.05) is 21.1 Å². The molecule has 16 heavy (non-hydrogen) atoms. The minimum Gasteiger partial charge on any atom is -0.493 e. The molecule has 4 heteroatoms. The highest BCUT2D eigenvalue weighted by Gasteiger charge is 2.34. The third kappa shape index (κ3) is 2.05. The summed E-state index contributed by atoms with van der Waals surface area (Å²) in [5, 5.41) is 9.75. The van der Waals surface area contributed by atoms with Crippen LogP contribution in [0.15, 0.2) is 12.1 Å². The molecule has 0 spiro atoms. The Morgan fingerprint density at radius 1 is 1.56 bits per heavy atom. The van der Waals surface area contributed by atoms with E-state index in [9.17, 15) is 9.50 Å². The monoisotopic (exact) mass is 336 g/mol. The van der Waals surface area contributed by atoms with E-state index in [0.717, 1.165) is 21.3 Å². The highest BCUT2D eigenvalue weighted by molar-refractivity contribution is 14.1. The van der Waals surface area contributed by atoms with Gasteiger partial charge in [-0.1, -0.05) is 6.92 Å². The topological polar surface area (TPSA) is 29.5 Å². The van der Waals surface area contributed by atoms with Crippen LogP contribution in [0.1, 0.15) is 30.6 Å². The van der Waals surface area contributed by atoms with E-state index >= 15 is 0 Å². The third-order valence-corrected chi connectivity index (χ3v) is 3.70. The third-order valence-electron chi connectivity index (χ3n) is 2.76. The zero-order valence-electron chi connectivity index (χ0n) is 9.04. The minimum absolute atomic E-state index is 0.256. The zero-order valence-corrected chi connectivity index (χ0v) is 11.2. The first kappa shape index (κ1) is 12.1. The number of halogens is 2. The predicted octanol–water partition coefficient (Wildman–Crippen LogP) is 3.01. The van der Waals surface area contributed by atoms with Gasteiger partial charge in [-0.2, -0.15) is 0 Å². The fourth-order valence-electron chi connectivity index (χ4n) is 1.98. The Morgan fingerprint density at radius 2 is 2.31 bits per heavy atom. The van der Waals surface area contributed by atoms with Crippen molar-refractivity contribution in [2.45, 2.75) is 32.0 Å². The van der Waals surface area contributed by atoms with Crippen molar-refractivity contribution >= 4 is 22.6 Å². The largest absolute Gasteiger partial charge is 0.493 e. The summed E-state index contributed by atoms with van der Waals surface area (Å²) in [4.78, 5) is 0. The average Bonchev–Trinajstić information content (AvgIpc) is 2.56. The first-order valence-corrected chi connectivity index (χ1v) is 6.49. The van der Waals surface area contributed by atoms with Crippen molar-refractivity contribution in [2.24, 2.45) is 0 Å². The first-order valence-electron chi connectivity index (χ1n) is 5.41. The number of ether oxygens (including phenoxy) is 1. The number of rotatable bonds is 3. The molecule has 0 aromatic heterocycles. The first-order chi connectivity index (χ1) is 7.65. The molecule has 0 saturated heterocycles. The van der Waals surface area contributed by atoms with Crippen LogP contribution in [0.5, 0.6) is 5.75 Å². The molecule has 1 aromatic carbocycles. The van der Waals surface area contributed by atoms with Gasteiger partial charge in [0.1, 0.15) is 18.0 Å². The highest BCUT2D eigenvalue weighted by atomic mass is 127. The van der Waals surface area contributed by atoms with E-state index in [1.807, 2.05) is 19.1 Å². The van der Waals surface area contributed by atoms with Gasteiger partial charge in [-0.05, 0) is 41.1 Å². The van der Waals surface area contributed by atoms with Crippen LogP contribution in [0.25, 0.3) is 0 Å². The second-order valence-corrected chi connectivity index (χ2v) is 5.11. The number of hydrogen-bond acceptors (Lipinski definition) is 2. The molecule has 0 fully saturated rings. The molecular formula is C12H14FIO2. The van der Waals surface area contributed by atoms with Crippen LogP contribution in [-0.4, -0.2) is 17.9 Å². The number of hydrogen-bond donors (Lipinski definition) is 1. The molecule has 0 radical (unpaired) electrons. The Labute approximate surface area is 108 Å². The van der Waals surface area contributed by atoms with Crippen molar-refractivity contribution < 1.29 is 14.2 Å². The molecule has 0 saturated carbocycles. The molecule has 88 valence electrons. The van der Waals surface area contributed by atoms with Gasteiger partial charge in [-0.15, -0.1) is 0 Å². The van der Waals surface area contributed by atoms with Crippen LogP contribution in [0, 0.1) is 3.57 Å². The van der Waals surface area contributed by atoms with Gasteiger partial charge in [0.25, 0.3) is 0 Å². The van der Waals surface area contributed by atoms with Gasteiger partial charge >= 0.3 is 0 Å². The highest BCUT2D eigenvalue weighted by Crippen LogP contribution is 2.41. The number of aliphatic hydroxyl groups excluding tert-OH is 1. The Bertz CT molecular complexity index is 395. The number of fused-ring (bicyclic) bond motifs is 1. The molecule has 0 heterocycles. The summed E-state index contributed by atoms with van der Waals surface area (Å²) in [6.07, 6.45) is -1.02. The van der Waals surface area contributed by atoms with E-state index in [1.54, 1.807) is 0 Å². The van der Waals surface area contributed by atoms with E-state index in [4.69, 9.17) is 4.74 Å². The van der Waals surface area contributed by atoms with Crippen molar-refractivity contribution in [3.8, 4) is 5.75 Å². The van der Waals surface area contributed by atoms with Crippen LogP contribution >= 0.6 is 22.6 Å². The van der Waals surface area contributed by atoms with Crippen molar-refractivity contribution in [2.75, 3.05) is 6.61 Å². The van der Waals surface area contributed by atoms with Crippen LogP contribution in [0.4, 0.5) is 4.39 Å². The summed E-state index contributed by atoms with van der Waals surface area (Å²) in [7, 11) is 0. The molecule has 2 rings (SSSR count). The van der Waals surface area contributed by atoms with E-state index in [0.29, 0.717) is 12.2 Å². The summed E-state index contributed by atoms with van der Waals surface area (Å²) >= 11 is 2.12. The summed E-state index contributed by atoms with van der Waals surface area (Å²) < 4.78 is 20.0. The lowest BCUT2D eigenvalue weighted by Crippen LogP contribution is -2.07. The lowest BCUT2D eigenvalue weighted by molar-refractivity contribution is 0.0920. The van der Waals surface area contributed by atoms with E-state index in [2.05, 4.69) is 22.6 Å². The second kappa shape index (κ2) is 4.87. The molecule has 2 atom stereocenters. The molecule has 2 nitrogen and oxygen atoms in total. The Kier molecular flexibility index (Phi) is 3.69. The molecule has 1 aliphatic carbocycles. The lowest BCUT2D eigenvalue weighted by Gasteiger charge is -2.12. The number of alkyl halides is 1. The van der Waals surface area contributed by atoms with Crippen LogP contribution in [0.2, 0.25) is 0 Å². The maximum Gasteiger partial charge on any atom is 0.134 e. The fourth-order valence-corrected chi connectivity index (χ4v) is 2.81. The van der Waals surface area contributed by atoms with Crippen LogP contribution in [0.3, 0.4) is 0 Å². The maximum atomic E-state index is 13.5. The van der Waals surface area contributed by atoms with Gasteiger partial charge in [0.05, 0.1) is 6.61 Å². The molecule has 1 aliphatic rings. The van der Waals surface area contributed by atoms with Crippen molar-refractivity contribution in [3.63, 3.8) is 0 Å². The molecule has 1 aromatic rings. The smallest absolute Gasteiger partial charge is 0.134 e. The maximum absolute atomic E-state index is 13.5. The van der Waals surface area contributed by atoms with E-state index < -0.39 is 12.3 Å². The molecule has 0 unspecified atom stereocenters. The summed E-state index contributed by atoms with van der Waals surface area (Å²) in [5.41, 5.74) is 1.54. The predicted molar refractivity (Wildman–Crippen MR) is 68.5 cm³/mol. The van der Waals surface area contributed by atoms with Gasteiger partial charge in [0.2, 0.25) is 0 Å². The quantitative estimate of drug-likeness (QED) is 0.860. The number of benzene rings is 1. The van der Waals surface area contributed by atoms with Gasteiger partial charge in [0.15, 0.2) is 0 Å². The SMILES string of the molecule is CCCOc1ccc(I)c2c1C[C@@H](F)[C@H]2O. The molecular weight excluding hydrogens is 322 g/mol. The molecule has 0 bridgehead atoms. The zero-order chi connectivity index (χ0) is 11.7. The molecule has 0 aliphatic heterocycles. The second-order valence-electron chi connectivity index (χ2n) is 3.95. The van der Waals surface area contributed by atoms with E-state index in [1.165, 1.54) is 0 Å². The average molecular weight is 336 g/mol. The summed E-state index contributed by atoms with van der Waals surface area (Å²) in [5.74, 6) is 0.719. The van der Waals surface area contributed by atoms with Crippen molar-refractivity contribution in [3.05, 3.63) is 26.8 Å².